The average Bonchev–Trinajstić information content (AvgIpc) is 3.48. The van der Waals surface area contributed by atoms with Crippen molar-refractivity contribution < 1.29 is 14.0 Å². The SMILES string of the molecule is O=C(CCC1CCCN(C(=O)c2cc(C3CC3)[nH]n2)C1)NCc1ccccc1F. The van der Waals surface area contributed by atoms with Crippen molar-refractivity contribution in [1.82, 2.24) is 20.4 Å². The van der Waals surface area contributed by atoms with Crippen molar-refractivity contribution >= 4 is 11.8 Å². The van der Waals surface area contributed by atoms with Gasteiger partial charge < -0.3 is 10.2 Å². The van der Waals surface area contributed by atoms with Crippen LogP contribution in [0.5, 0.6) is 0 Å². The second-order valence-corrected chi connectivity index (χ2v) is 8.15. The maximum Gasteiger partial charge on any atom is 0.274 e. The highest BCUT2D eigenvalue weighted by atomic mass is 19.1. The normalized spacial score (nSPS) is 19.2. The van der Waals surface area contributed by atoms with Crippen molar-refractivity contribution in [2.24, 2.45) is 5.92 Å². The highest BCUT2D eigenvalue weighted by Gasteiger charge is 2.29. The minimum atomic E-state index is -0.308. The Bertz CT molecular complexity index is 877. The lowest BCUT2D eigenvalue weighted by molar-refractivity contribution is -0.121. The quantitative estimate of drug-likeness (QED) is 0.751. The first-order valence-corrected chi connectivity index (χ1v) is 10.4. The smallest absolute Gasteiger partial charge is 0.274 e. The van der Waals surface area contributed by atoms with E-state index in [2.05, 4.69) is 15.5 Å². The van der Waals surface area contributed by atoms with Gasteiger partial charge in [-0.2, -0.15) is 5.10 Å². The van der Waals surface area contributed by atoms with Crippen LogP contribution in [0.4, 0.5) is 4.39 Å². The summed E-state index contributed by atoms with van der Waals surface area (Å²) in [5, 5.41) is 9.98. The van der Waals surface area contributed by atoms with Crippen LogP contribution in [0.1, 0.15) is 66.2 Å². The molecule has 6 nitrogen and oxygen atoms in total. The Balaban J connectivity index is 1.23. The summed E-state index contributed by atoms with van der Waals surface area (Å²) in [5.74, 6) is 0.423. The van der Waals surface area contributed by atoms with E-state index in [4.69, 9.17) is 0 Å². The maximum atomic E-state index is 13.6. The molecule has 1 saturated heterocycles. The summed E-state index contributed by atoms with van der Waals surface area (Å²) in [5.41, 5.74) is 2.04. The summed E-state index contributed by atoms with van der Waals surface area (Å²) in [6.45, 7) is 1.59. The molecule has 2 aliphatic rings. The first-order chi connectivity index (χ1) is 14.1. The molecule has 2 N–H and O–H groups in total. The van der Waals surface area contributed by atoms with E-state index >= 15 is 0 Å². The molecular weight excluding hydrogens is 371 g/mol. The molecule has 7 heteroatoms. The summed E-state index contributed by atoms with van der Waals surface area (Å²) in [7, 11) is 0. The van der Waals surface area contributed by atoms with Crippen LogP contribution in [0.25, 0.3) is 0 Å². The van der Waals surface area contributed by atoms with Gasteiger partial charge in [0.1, 0.15) is 11.5 Å². The van der Waals surface area contributed by atoms with Crippen LogP contribution in [-0.2, 0) is 11.3 Å². The summed E-state index contributed by atoms with van der Waals surface area (Å²) in [6, 6.07) is 8.34. The number of H-pyrrole nitrogens is 1. The number of likely N-dealkylation sites (tertiary alicyclic amines) is 1. The van der Waals surface area contributed by atoms with E-state index in [1.165, 1.54) is 18.9 Å². The number of amides is 2. The van der Waals surface area contributed by atoms with Crippen LogP contribution >= 0.6 is 0 Å². The molecule has 2 amide bonds. The minimum Gasteiger partial charge on any atom is -0.352 e. The zero-order valence-electron chi connectivity index (χ0n) is 16.5. The number of rotatable bonds is 7. The third kappa shape index (κ3) is 5.02. The number of hydrogen-bond acceptors (Lipinski definition) is 3. The lowest BCUT2D eigenvalue weighted by atomic mass is 9.93. The Morgan fingerprint density at radius 2 is 2.07 bits per heavy atom. The molecule has 2 fully saturated rings. The Morgan fingerprint density at radius 3 is 2.86 bits per heavy atom. The molecule has 1 saturated carbocycles. The highest BCUT2D eigenvalue weighted by Crippen LogP contribution is 2.39. The molecule has 1 unspecified atom stereocenters. The summed E-state index contributed by atoms with van der Waals surface area (Å²) >= 11 is 0. The molecule has 1 aliphatic heterocycles. The number of benzene rings is 1. The van der Waals surface area contributed by atoms with E-state index in [9.17, 15) is 14.0 Å². The molecule has 0 radical (unpaired) electrons. The number of aromatic amines is 1. The number of carbonyl (C=O) groups excluding carboxylic acids is 2. The number of nitrogens with one attached hydrogen (secondary N) is 2. The number of piperidine rings is 1. The molecule has 154 valence electrons. The van der Waals surface area contributed by atoms with E-state index in [1.54, 1.807) is 18.2 Å². The van der Waals surface area contributed by atoms with Crippen molar-refractivity contribution in [3.05, 3.63) is 53.1 Å². The second kappa shape index (κ2) is 8.76. The number of nitrogens with zero attached hydrogens (tertiary/aromatic N) is 2. The minimum absolute atomic E-state index is 0.0261. The predicted molar refractivity (Wildman–Crippen MR) is 107 cm³/mol. The number of hydrogen-bond donors (Lipinski definition) is 2. The molecule has 2 heterocycles. The van der Waals surface area contributed by atoms with Crippen molar-refractivity contribution in [3.8, 4) is 0 Å². The summed E-state index contributed by atoms with van der Waals surface area (Å²) in [6.07, 6.45) is 5.39. The van der Waals surface area contributed by atoms with Crippen molar-refractivity contribution in [1.29, 1.82) is 0 Å². The van der Waals surface area contributed by atoms with Crippen molar-refractivity contribution in [2.75, 3.05) is 13.1 Å². The van der Waals surface area contributed by atoms with Crippen LogP contribution < -0.4 is 5.32 Å². The molecule has 0 spiro atoms. The fourth-order valence-corrected chi connectivity index (χ4v) is 3.96. The van der Waals surface area contributed by atoms with E-state index in [1.807, 2.05) is 11.0 Å². The van der Waals surface area contributed by atoms with Gasteiger partial charge in [0.25, 0.3) is 5.91 Å². The van der Waals surface area contributed by atoms with Crippen LogP contribution in [-0.4, -0.2) is 40.0 Å². The zero-order valence-corrected chi connectivity index (χ0v) is 16.5. The molecule has 29 heavy (non-hydrogen) atoms. The number of carbonyl (C=O) groups is 2. The van der Waals surface area contributed by atoms with Crippen LogP contribution in [0.15, 0.2) is 30.3 Å². The Hall–Kier alpha value is -2.70. The van der Waals surface area contributed by atoms with Gasteiger partial charge in [-0.05, 0) is 50.2 Å². The standard InChI is InChI=1S/C22H27FN4O2/c23-18-6-2-1-5-17(18)13-24-21(28)10-7-15-4-3-11-27(14-15)22(29)20-12-19(25-26-20)16-8-9-16/h1-2,5-6,12,15-16H,3-4,7-11,13-14H2,(H,24,28)(H,25,26). The fraction of sp³-hybridized carbons (Fsp3) is 0.500. The van der Waals surface area contributed by atoms with Gasteiger partial charge in [0.05, 0.1) is 0 Å². The first-order valence-electron chi connectivity index (χ1n) is 10.4. The van der Waals surface area contributed by atoms with Gasteiger partial charge in [0.15, 0.2) is 0 Å². The molecule has 2 aromatic rings. The van der Waals surface area contributed by atoms with E-state index in [-0.39, 0.29) is 24.2 Å². The van der Waals surface area contributed by atoms with Gasteiger partial charge in [-0.15, -0.1) is 0 Å². The third-order valence-corrected chi connectivity index (χ3v) is 5.85. The van der Waals surface area contributed by atoms with Crippen molar-refractivity contribution in [3.63, 3.8) is 0 Å². The van der Waals surface area contributed by atoms with Gasteiger partial charge >= 0.3 is 0 Å². The Kier molecular flexibility index (Phi) is 5.92. The molecule has 0 bridgehead atoms. The molecule has 1 aromatic heterocycles. The Morgan fingerprint density at radius 1 is 1.24 bits per heavy atom. The van der Waals surface area contributed by atoms with Crippen LogP contribution in [0, 0.1) is 11.7 Å². The molecule has 1 atom stereocenters. The van der Waals surface area contributed by atoms with Gasteiger partial charge in [-0.25, -0.2) is 4.39 Å². The zero-order chi connectivity index (χ0) is 20.2. The fourth-order valence-electron chi connectivity index (χ4n) is 3.96. The topological polar surface area (TPSA) is 78.1 Å². The van der Waals surface area contributed by atoms with Gasteiger partial charge in [0.2, 0.25) is 5.91 Å². The summed E-state index contributed by atoms with van der Waals surface area (Å²) < 4.78 is 13.6. The van der Waals surface area contributed by atoms with E-state index < -0.39 is 0 Å². The van der Waals surface area contributed by atoms with Crippen LogP contribution in [0.2, 0.25) is 0 Å². The van der Waals surface area contributed by atoms with Gasteiger partial charge in [0, 0.05) is 43.2 Å². The Labute approximate surface area is 169 Å². The van der Waals surface area contributed by atoms with Crippen molar-refractivity contribution in [2.45, 2.75) is 51.0 Å². The maximum absolute atomic E-state index is 13.6. The molecular formula is C22H27FN4O2. The van der Waals surface area contributed by atoms with E-state index in [0.29, 0.717) is 36.1 Å². The predicted octanol–water partition coefficient (Wildman–Crippen LogP) is 3.38. The third-order valence-electron chi connectivity index (χ3n) is 5.85. The molecule has 4 rings (SSSR count). The number of aromatic nitrogens is 2. The molecule has 1 aromatic carbocycles. The monoisotopic (exact) mass is 398 g/mol. The lowest BCUT2D eigenvalue weighted by Crippen LogP contribution is -2.40. The van der Waals surface area contributed by atoms with E-state index in [0.717, 1.165) is 31.5 Å². The van der Waals surface area contributed by atoms with Gasteiger partial charge in [-0.1, -0.05) is 18.2 Å². The number of halogens is 1. The first kappa shape index (κ1) is 19.6. The summed E-state index contributed by atoms with van der Waals surface area (Å²) in [4.78, 5) is 26.8. The highest BCUT2D eigenvalue weighted by molar-refractivity contribution is 5.92. The van der Waals surface area contributed by atoms with Gasteiger partial charge in [-0.3, -0.25) is 14.7 Å². The van der Waals surface area contributed by atoms with Crippen LogP contribution in [0.3, 0.4) is 0 Å². The lowest BCUT2D eigenvalue weighted by Gasteiger charge is -2.32. The largest absolute Gasteiger partial charge is 0.352 e. The average molecular weight is 398 g/mol. The molecule has 1 aliphatic carbocycles. The second-order valence-electron chi connectivity index (χ2n) is 8.15.